The second-order valence-corrected chi connectivity index (χ2v) is 6.46. The van der Waals surface area contributed by atoms with E-state index in [1.54, 1.807) is 11.1 Å². The van der Waals surface area contributed by atoms with E-state index in [9.17, 15) is 4.79 Å². The maximum atomic E-state index is 12.6. The zero-order valence-corrected chi connectivity index (χ0v) is 14.7. The first-order chi connectivity index (χ1) is 12.1. The Balaban J connectivity index is 1.71. The van der Waals surface area contributed by atoms with Gasteiger partial charge in [0.1, 0.15) is 6.61 Å². The molecule has 25 heavy (non-hydrogen) atoms. The lowest BCUT2D eigenvalue weighted by molar-refractivity contribution is 0.0912. The zero-order valence-electron chi connectivity index (χ0n) is 14.7. The van der Waals surface area contributed by atoms with Crippen molar-refractivity contribution in [2.75, 3.05) is 6.54 Å². The summed E-state index contributed by atoms with van der Waals surface area (Å²) in [5.41, 5.74) is 1.93. The number of aromatic nitrogens is 1. The van der Waals surface area contributed by atoms with Crippen molar-refractivity contribution < 1.29 is 14.3 Å². The van der Waals surface area contributed by atoms with E-state index < -0.39 is 0 Å². The van der Waals surface area contributed by atoms with Gasteiger partial charge in [-0.2, -0.15) is 0 Å². The van der Waals surface area contributed by atoms with Gasteiger partial charge in [-0.1, -0.05) is 36.4 Å². The molecule has 0 bridgehead atoms. The number of nitrogens with zero attached hydrogens (tertiary/aromatic N) is 2. The summed E-state index contributed by atoms with van der Waals surface area (Å²) < 4.78 is 11.3. The lowest BCUT2D eigenvalue weighted by Crippen LogP contribution is -2.31. The fourth-order valence-electron chi connectivity index (χ4n) is 3.09. The second kappa shape index (κ2) is 8.01. The van der Waals surface area contributed by atoms with Crippen LogP contribution < -0.4 is 4.74 Å². The van der Waals surface area contributed by atoms with E-state index >= 15 is 0 Å². The Hall–Kier alpha value is -2.56. The highest BCUT2D eigenvalue weighted by atomic mass is 16.6. The van der Waals surface area contributed by atoms with Crippen molar-refractivity contribution >= 4 is 6.09 Å². The van der Waals surface area contributed by atoms with Crippen molar-refractivity contribution in [1.29, 1.82) is 0 Å². The van der Waals surface area contributed by atoms with Crippen LogP contribution >= 0.6 is 0 Å². The first-order valence-electron chi connectivity index (χ1n) is 8.74. The summed E-state index contributed by atoms with van der Waals surface area (Å²) in [6, 6.07) is 13.5. The van der Waals surface area contributed by atoms with E-state index in [0.29, 0.717) is 12.4 Å². The van der Waals surface area contributed by atoms with Crippen molar-refractivity contribution in [1.82, 2.24) is 9.88 Å². The summed E-state index contributed by atoms with van der Waals surface area (Å²) in [6.45, 7) is 4.91. The molecule has 1 fully saturated rings. The monoisotopic (exact) mass is 340 g/mol. The van der Waals surface area contributed by atoms with E-state index in [2.05, 4.69) is 4.98 Å². The number of benzene rings is 1. The number of rotatable bonds is 5. The molecule has 132 valence electrons. The Morgan fingerprint density at radius 3 is 2.80 bits per heavy atom. The summed E-state index contributed by atoms with van der Waals surface area (Å²) in [7, 11) is 0. The molecule has 0 spiro atoms. The highest BCUT2D eigenvalue weighted by Crippen LogP contribution is 2.36. The normalized spacial score (nSPS) is 16.9. The molecular formula is C20H24N2O3. The minimum atomic E-state index is -0.286. The Morgan fingerprint density at radius 2 is 2.04 bits per heavy atom. The number of likely N-dealkylation sites (tertiary alicyclic amines) is 1. The average Bonchev–Trinajstić information content (AvgIpc) is 3.10. The standard InChI is InChI=1S/C20H24N2O3/c1-15(2)25-19-17(10-6-12-21-19)18-11-7-13-22(18)20(23)24-14-16-8-4-3-5-9-16/h3-6,8-10,12,15,18H,7,11,13-14H2,1-2H3. The molecular weight excluding hydrogens is 316 g/mol. The SMILES string of the molecule is CC(C)Oc1ncccc1C1CCCN1C(=O)OCc1ccccc1. The van der Waals surface area contributed by atoms with Crippen LogP contribution in [0.1, 0.15) is 43.9 Å². The molecule has 0 aliphatic carbocycles. The summed E-state index contributed by atoms with van der Waals surface area (Å²) >= 11 is 0. The smallest absolute Gasteiger partial charge is 0.410 e. The third kappa shape index (κ3) is 4.29. The lowest BCUT2D eigenvalue weighted by atomic mass is 10.1. The molecule has 0 radical (unpaired) electrons. The van der Waals surface area contributed by atoms with Gasteiger partial charge in [-0.15, -0.1) is 0 Å². The van der Waals surface area contributed by atoms with Crippen LogP contribution in [0.25, 0.3) is 0 Å². The molecule has 2 aromatic rings. The van der Waals surface area contributed by atoms with E-state index in [1.165, 1.54) is 0 Å². The van der Waals surface area contributed by atoms with Gasteiger partial charge in [0.2, 0.25) is 5.88 Å². The van der Waals surface area contributed by atoms with E-state index in [-0.39, 0.29) is 24.8 Å². The van der Waals surface area contributed by atoms with Crippen molar-refractivity contribution in [3.05, 3.63) is 59.8 Å². The van der Waals surface area contributed by atoms with Crippen LogP contribution in [0.3, 0.4) is 0 Å². The largest absolute Gasteiger partial charge is 0.475 e. The topological polar surface area (TPSA) is 51.7 Å². The second-order valence-electron chi connectivity index (χ2n) is 6.46. The predicted molar refractivity (Wildman–Crippen MR) is 95.3 cm³/mol. The van der Waals surface area contributed by atoms with Gasteiger partial charge in [0.15, 0.2) is 0 Å². The fourth-order valence-corrected chi connectivity index (χ4v) is 3.09. The van der Waals surface area contributed by atoms with Crippen LogP contribution in [-0.2, 0) is 11.3 Å². The minimum Gasteiger partial charge on any atom is -0.475 e. The van der Waals surface area contributed by atoms with Gasteiger partial charge in [-0.3, -0.25) is 0 Å². The predicted octanol–water partition coefficient (Wildman–Crippen LogP) is 4.34. The summed E-state index contributed by atoms with van der Waals surface area (Å²) in [6.07, 6.45) is 3.30. The van der Waals surface area contributed by atoms with Crippen molar-refractivity contribution in [3.63, 3.8) is 0 Å². The Bertz CT molecular complexity index is 703. The molecule has 1 aromatic heterocycles. The molecule has 1 aliphatic heterocycles. The van der Waals surface area contributed by atoms with E-state index in [4.69, 9.17) is 9.47 Å². The molecule has 1 aromatic carbocycles. The maximum absolute atomic E-state index is 12.6. The molecule has 1 amide bonds. The van der Waals surface area contributed by atoms with E-state index in [1.807, 2.05) is 56.3 Å². The first kappa shape index (κ1) is 17.3. The zero-order chi connectivity index (χ0) is 17.6. The molecule has 1 atom stereocenters. The number of amides is 1. The van der Waals surface area contributed by atoms with Crippen LogP contribution in [0.4, 0.5) is 4.79 Å². The number of carbonyl (C=O) groups is 1. The van der Waals surface area contributed by atoms with Gasteiger partial charge < -0.3 is 14.4 Å². The number of pyridine rings is 1. The maximum Gasteiger partial charge on any atom is 0.410 e. The van der Waals surface area contributed by atoms with Crippen LogP contribution in [0.2, 0.25) is 0 Å². The highest BCUT2D eigenvalue weighted by molar-refractivity contribution is 5.69. The molecule has 0 saturated carbocycles. The summed E-state index contributed by atoms with van der Waals surface area (Å²) in [5, 5.41) is 0. The van der Waals surface area contributed by atoms with Gasteiger partial charge in [0, 0.05) is 18.3 Å². The number of carbonyl (C=O) groups excluding carboxylic acids is 1. The Kier molecular flexibility index (Phi) is 5.53. The van der Waals surface area contributed by atoms with Gasteiger partial charge >= 0.3 is 6.09 Å². The third-order valence-corrected chi connectivity index (χ3v) is 4.20. The summed E-state index contributed by atoms with van der Waals surface area (Å²) in [4.78, 5) is 18.7. The quantitative estimate of drug-likeness (QED) is 0.812. The Morgan fingerprint density at radius 1 is 1.24 bits per heavy atom. The Labute approximate surface area is 148 Å². The molecule has 1 aliphatic rings. The minimum absolute atomic E-state index is 0.0357. The van der Waals surface area contributed by atoms with Crippen LogP contribution in [0.15, 0.2) is 48.7 Å². The number of ether oxygens (including phenoxy) is 2. The summed E-state index contributed by atoms with van der Waals surface area (Å²) in [5.74, 6) is 0.602. The number of hydrogen-bond donors (Lipinski definition) is 0. The van der Waals surface area contributed by atoms with E-state index in [0.717, 1.165) is 24.0 Å². The average molecular weight is 340 g/mol. The first-order valence-corrected chi connectivity index (χ1v) is 8.74. The molecule has 2 heterocycles. The van der Waals surface area contributed by atoms with Crippen LogP contribution in [-0.4, -0.2) is 28.6 Å². The van der Waals surface area contributed by atoms with Gasteiger partial charge in [-0.25, -0.2) is 9.78 Å². The molecule has 5 nitrogen and oxygen atoms in total. The molecule has 1 unspecified atom stereocenters. The van der Waals surface area contributed by atoms with Gasteiger partial charge in [0.25, 0.3) is 0 Å². The highest BCUT2D eigenvalue weighted by Gasteiger charge is 2.33. The molecule has 5 heteroatoms. The molecule has 3 rings (SSSR count). The van der Waals surface area contributed by atoms with Crippen molar-refractivity contribution in [3.8, 4) is 5.88 Å². The van der Waals surface area contributed by atoms with Crippen LogP contribution in [0.5, 0.6) is 5.88 Å². The number of hydrogen-bond acceptors (Lipinski definition) is 4. The molecule has 1 saturated heterocycles. The lowest BCUT2D eigenvalue weighted by Gasteiger charge is -2.26. The third-order valence-electron chi connectivity index (χ3n) is 4.20. The van der Waals surface area contributed by atoms with Crippen molar-refractivity contribution in [2.45, 2.75) is 45.4 Å². The van der Waals surface area contributed by atoms with Gasteiger partial charge in [0.05, 0.1) is 12.1 Å². The fraction of sp³-hybridized carbons (Fsp3) is 0.400. The van der Waals surface area contributed by atoms with Crippen LogP contribution in [0, 0.1) is 0 Å². The van der Waals surface area contributed by atoms with Gasteiger partial charge in [-0.05, 0) is 38.3 Å². The molecule has 0 N–H and O–H groups in total. The van der Waals surface area contributed by atoms with Crippen molar-refractivity contribution in [2.24, 2.45) is 0 Å².